The molecule has 0 aromatic heterocycles. The van der Waals surface area contributed by atoms with Crippen molar-refractivity contribution in [3.05, 3.63) is 24.5 Å². The predicted molar refractivity (Wildman–Crippen MR) is 31.0 cm³/mol. The van der Waals surface area contributed by atoms with Crippen LogP contribution in [0.3, 0.4) is 0 Å². The SMILES string of the molecule is C=C/C(=C\C)OC. The Morgan fingerprint density at radius 1 is 1.71 bits per heavy atom. The average molecular weight is 98.1 g/mol. The fraction of sp³-hybridized carbons (Fsp3) is 0.333. The molecule has 7 heavy (non-hydrogen) atoms. The maximum atomic E-state index is 4.79. The van der Waals surface area contributed by atoms with E-state index in [0.717, 1.165) is 5.76 Å². The van der Waals surface area contributed by atoms with E-state index in [4.69, 9.17) is 4.74 Å². The van der Waals surface area contributed by atoms with Crippen LogP contribution in [0.4, 0.5) is 0 Å². The number of ether oxygens (including phenoxy) is 1. The Hall–Kier alpha value is -0.720. The topological polar surface area (TPSA) is 9.23 Å². The summed E-state index contributed by atoms with van der Waals surface area (Å²) in [6, 6.07) is 0. The highest BCUT2D eigenvalue weighted by Crippen LogP contribution is 1.92. The first-order chi connectivity index (χ1) is 3.35. The third kappa shape index (κ3) is 2.04. The van der Waals surface area contributed by atoms with Crippen LogP contribution in [-0.2, 0) is 4.74 Å². The number of methoxy groups -OCH3 is 1. The fourth-order valence-electron chi connectivity index (χ4n) is 0.319. The Labute approximate surface area is 44.3 Å². The van der Waals surface area contributed by atoms with Crippen molar-refractivity contribution in [1.82, 2.24) is 0 Å². The molecule has 0 aliphatic rings. The normalized spacial score (nSPS) is 10.9. The van der Waals surface area contributed by atoms with Crippen molar-refractivity contribution in [3.8, 4) is 0 Å². The average Bonchev–Trinajstić information content (AvgIpc) is 1.72. The van der Waals surface area contributed by atoms with E-state index in [1.807, 2.05) is 13.0 Å². The van der Waals surface area contributed by atoms with Gasteiger partial charge in [0, 0.05) is 0 Å². The minimum Gasteiger partial charge on any atom is -0.497 e. The molecular weight excluding hydrogens is 88.1 g/mol. The van der Waals surface area contributed by atoms with Gasteiger partial charge in [0.1, 0.15) is 5.76 Å². The molecule has 1 heteroatoms. The zero-order valence-electron chi connectivity index (χ0n) is 4.77. The van der Waals surface area contributed by atoms with Crippen LogP contribution >= 0.6 is 0 Å². The highest BCUT2D eigenvalue weighted by Gasteiger charge is 1.77. The Bertz CT molecular complexity index is 82.2. The summed E-state index contributed by atoms with van der Waals surface area (Å²) in [4.78, 5) is 0. The molecule has 0 aromatic rings. The second kappa shape index (κ2) is 3.47. The summed E-state index contributed by atoms with van der Waals surface area (Å²) < 4.78 is 4.79. The van der Waals surface area contributed by atoms with Gasteiger partial charge in [-0.2, -0.15) is 0 Å². The lowest BCUT2D eigenvalue weighted by atomic mass is 10.5. The van der Waals surface area contributed by atoms with Gasteiger partial charge in [0.15, 0.2) is 0 Å². The summed E-state index contributed by atoms with van der Waals surface area (Å²) in [7, 11) is 1.62. The van der Waals surface area contributed by atoms with E-state index in [0.29, 0.717) is 0 Å². The third-order valence-corrected chi connectivity index (χ3v) is 0.721. The van der Waals surface area contributed by atoms with Gasteiger partial charge in [-0.25, -0.2) is 0 Å². The molecule has 0 fully saturated rings. The maximum Gasteiger partial charge on any atom is 0.114 e. The fourth-order valence-corrected chi connectivity index (χ4v) is 0.319. The molecule has 0 atom stereocenters. The molecule has 0 amide bonds. The van der Waals surface area contributed by atoms with Crippen LogP contribution in [0.5, 0.6) is 0 Å². The van der Waals surface area contributed by atoms with E-state index >= 15 is 0 Å². The molecule has 40 valence electrons. The molecule has 1 nitrogen and oxygen atoms in total. The molecule has 0 aliphatic carbocycles. The van der Waals surface area contributed by atoms with E-state index in [1.165, 1.54) is 0 Å². The Balaban J connectivity index is 3.60. The molecule has 0 spiro atoms. The Morgan fingerprint density at radius 2 is 2.29 bits per heavy atom. The van der Waals surface area contributed by atoms with Crippen LogP contribution in [0.1, 0.15) is 6.92 Å². The van der Waals surface area contributed by atoms with E-state index in [9.17, 15) is 0 Å². The van der Waals surface area contributed by atoms with E-state index in [-0.39, 0.29) is 0 Å². The van der Waals surface area contributed by atoms with Crippen molar-refractivity contribution in [3.63, 3.8) is 0 Å². The molecule has 0 rings (SSSR count). The third-order valence-electron chi connectivity index (χ3n) is 0.721. The summed E-state index contributed by atoms with van der Waals surface area (Å²) in [5.41, 5.74) is 0. The van der Waals surface area contributed by atoms with Gasteiger partial charge in [-0.05, 0) is 19.1 Å². The zero-order chi connectivity index (χ0) is 5.70. The monoisotopic (exact) mass is 98.1 g/mol. The van der Waals surface area contributed by atoms with Gasteiger partial charge in [-0.1, -0.05) is 6.58 Å². The van der Waals surface area contributed by atoms with Crippen LogP contribution < -0.4 is 0 Å². The highest BCUT2D eigenvalue weighted by atomic mass is 16.5. The molecule has 0 bridgehead atoms. The lowest BCUT2D eigenvalue weighted by Gasteiger charge is -1.93. The van der Waals surface area contributed by atoms with Crippen molar-refractivity contribution in [2.24, 2.45) is 0 Å². The molecular formula is C6H10O. The minimum atomic E-state index is 0.819. The van der Waals surface area contributed by atoms with Crippen LogP contribution in [0.15, 0.2) is 24.5 Å². The summed E-state index contributed by atoms with van der Waals surface area (Å²) in [5.74, 6) is 0.819. The number of allylic oxidation sites excluding steroid dienone is 2. The number of hydrogen-bond donors (Lipinski definition) is 0. The second-order valence-electron chi connectivity index (χ2n) is 1.10. The summed E-state index contributed by atoms with van der Waals surface area (Å²) in [5, 5.41) is 0. The summed E-state index contributed by atoms with van der Waals surface area (Å²) in [6.07, 6.45) is 3.52. The molecule has 0 saturated carbocycles. The van der Waals surface area contributed by atoms with Crippen molar-refractivity contribution >= 4 is 0 Å². The van der Waals surface area contributed by atoms with Crippen LogP contribution in [0.25, 0.3) is 0 Å². The molecule has 0 heterocycles. The van der Waals surface area contributed by atoms with Gasteiger partial charge in [-0.15, -0.1) is 0 Å². The van der Waals surface area contributed by atoms with E-state index in [2.05, 4.69) is 6.58 Å². The smallest absolute Gasteiger partial charge is 0.114 e. The molecule has 0 unspecified atom stereocenters. The van der Waals surface area contributed by atoms with Crippen molar-refractivity contribution in [2.45, 2.75) is 6.92 Å². The molecule has 0 N–H and O–H groups in total. The van der Waals surface area contributed by atoms with Crippen LogP contribution in [0, 0.1) is 0 Å². The van der Waals surface area contributed by atoms with Crippen molar-refractivity contribution in [2.75, 3.05) is 7.11 Å². The zero-order valence-corrected chi connectivity index (χ0v) is 4.77. The van der Waals surface area contributed by atoms with Gasteiger partial charge in [0.25, 0.3) is 0 Å². The molecule has 0 saturated heterocycles. The summed E-state index contributed by atoms with van der Waals surface area (Å²) in [6.45, 7) is 5.41. The van der Waals surface area contributed by atoms with Gasteiger partial charge in [0.05, 0.1) is 7.11 Å². The number of hydrogen-bond acceptors (Lipinski definition) is 1. The first-order valence-corrected chi connectivity index (χ1v) is 2.18. The molecule has 0 aliphatic heterocycles. The number of rotatable bonds is 2. The Kier molecular flexibility index (Phi) is 3.11. The standard InChI is InChI=1S/C6H10O/c1-4-6(5-2)7-3/h4-5H,1H2,2-3H3/b6-5+. The minimum absolute atomic E-state index is 0.819. The predicted octanol–water partition coefficient (Wildman–Crippen LogP) is 1.72. The quantitative estimate of drug-likeness (QED) is 0.377. The largest absolute Gasteiger partial charge is 0.497 e. The second-order valence-corrected chi connectivity index (χ2v) is 1.10. The van der Waals surface area contributed by atoms with Gasteiger partial charge in [-0.3, -0.25) is 0 Å². The van der Waals surface area contributed by atoms with Crippen LogP contribution in [0.2, 0.25) is 0 Å². The van der Waals surface area contributed by atoms with E-state index in [1.54, 1.807) is 13.2 Å². The highest BCUT2D eigenvalue weighted by molar-refractivity contribution is 5.06. The maximum absolute atomic E-state index is 4.79. The summed E-state index contributed by atoms with van der Waals surface area (Å²) >= 11 is 0. The lowest BCUT2D eigenvalue weighted by molar-refractivity contribution is 0.306. The van der Waals surface area contributed by atoms with Gasteiger partial charge < -0.3 is 4.74 Å². The first-order valence-electron chi connectivity index (χ1n) is 2.18. The van der Waals surface area contributed by atoms with Gasteiger partial charge in [0.2, 0.25) is 0 Å². The van der Waals surface area contributed by atoms with E-state index < -0.39 is 0 Å². The van der Waals surface area contributed by atoms with Crippen molar-refractivity contribution in [1.29, 1.82) is 0 Å². The lowest BCUT2D eigenvalue weighted by Crippen LogP contribution is -1.76. The van der Waals surface area contributed by atoms with Gasteiger partial charge >= 0.3 is 0 Å². The van der Waals surface area contributed by atoms with Crippen molar-refractivity contribution < 1.29 is 4.74 Å². The first kappa shape index (κ1) is 6.28. The molecule has 0 aromatic carbocycles. The molecule has 0 radical (unpaired) electrons. The van der Waals surface area contributed by atoms with Crippen LogP contribution in [-0.4, -0.2) is 7.11 Å². The Morgan fingerprint density at radius 3 is 2.29 bits per heavy atom.